The molecule has 0 bridgehead atoms. The molecule has 0 radical (unpaired) electrons. The van der Waals surface area contributed by atoms with Crippen LogP contribution in [0.2, 0.25) is 0 Å². The van der Waals surface area contributed by atoms with E-state index in [-0.39, 0.29) is 30.0 Å². The fourth-order valence-electron chi connectivity index (χ4n) is 18.8. The second-order valence-electron chi connectivity index (χ2n) is 34.5. The molecule has 22 rings (SSSR count). The maximum atomic E-state index is 11.1. The summed E-state index contributed by atoms with van der Waals surface area (Å²) in [7, 11) is 0. The molecule has 0 amide bonds. The number of benzene rings is 19. The second-order valence-corrected chi connectivity index (χ2v) is 34.5. The van der Waals surface area contributed by atoms with E-state index in [4.69, 9.17) is 0 Å². The third-order valence-electron chi connectivity index (χ3n) is 25.2. The normalized spacial score (nSPS) is 11.6. The molecule has 1 aliphatic rings. The maximum absolute atomic E-state index is 11.1. The van der Waals surface area contributed by atoms with E-state index in [1.807, 2.05) is 18.2 Å². The van der Waals surface area contributed by atoms with Gasteiger partial charge >= 0.3 is 18.9 Å². The third kappa shape index (κ3) is 18.0. The summed E-state index contributed by atoms with van der Waals surface area (Å²) in [6.07, 6.45) is 1.75. The first-order valence-electron chi connectivity index (χ1n) is 45.2. The van der Waals surface area contributed by atoms with E-state index in [1.165, 1.54) is 94.3 Å². The Morgan fingerprint density at radius 2 is 0.541 bits per heavy atom. The van der Waals surface area contributed by atoms with Crippen LogP contribution in [0.15, 0.2) is 485 Å². The van der Waals surface area contributed by atoms with Crippen LogP contribution >= 0.6 is 0 Å². The first-order chi connectivity index (χ1) is 64.8. The largest absolute Gasteiger partial charge is 1.00 e. The van der Waals surface area contributed by atoms with E-state index in [0.29, 0.717) is 5.52 Å². The average Bonchev–Trinajstić information content (AvgIpc) is 1.58. The fraction of sp³-hybridized carbons (Fsp3) is 0.0565. The monoisotopic (exact) mass is 1710 g/mol. The number of anilines is 15. The van der Waals surface area contributed by atoms with E-state index >= 15 is 0 Å². The molecule has 1 N–H and O–H groups in total. The van der Waals surface area contributed by atoms with Crippen LogP contribution in [-0.4, -0.2) is 4.57 Å². The van der Waals surface area contributed by atoms with E-state index in [0.717, 1.165) is 102 Å². The van der Waals surface area contributed by atoms with Crippen LogP contribution in [0.5, 0.6) is 5.75 Å². The first-order valence-corrected chi connectivity index (χ1v) is 45.2. The minimum absolute atomic E-state index is 0. The van der Waals surface area contributed by atoms with Crippen LogP contribution in [0.4, 0.5) is 85.3 Å². The van der Waals surface area contributed by atoms with Crippen molar-refractivity contribution in [1.82, 2.24) is 4.57 Å². The van der Waals surface area contributed by atoms with Gasteiger partial charge in [-0.1, -0.05) is 263 Å². The van der Waals surface area contributed by atoms with Crippen molar-refractivity contribution >= 4 is 118 Å². The van der Waals surface area contributed by atoms with Gasteiger partial charge in [0, 0.05) is 119 Å². The molecule has 0 aliphatic heterocycles. The number of fused-ring (bicyclic) bond motifs is 7. The SMILES string of the molecule is CC1(C)c2ccccc2-c2ccc(N(c3ccc(-c4ccccc4)cc3)c3ccc(-c4ccc5c(c4)c4ccccc4n5-c4ccccc4)cc3)cc21.Cc1cccc(N(c2ccc(N(c3ccccc3)c3ccc(-c4ccc(N(c5ccccc5)c5ccc(N(c6cccc(C)c6)c6cccc(C)c6)cc5)cc4)cc3)cc2)c2cccc(C)c2)c1.[Li+].[O-]c1cccc2ccc[nH+]c12. The molecule has 0 unspecified atom stereocenters. The van der Waals surface area contributed by atoms with Gasteiger partial charge in [-0.25, -0.2) is 4.98 Å². The molecule has 133 heavy (non-hydrogen) atoms. The minimum atomic E-state index is -0.0864. The Bertz CT molecular complexity index is 7320. The van der Waals surface area contributed by atoms with Gasteiger partial charge in [0.05, 0.1) is 11.0 Å². The van der Waals surface area contributed by atoms with Gasteiger partial charge in [-0.15, -0.1) is 0 Å². The van der Waals surface area contributed by atoms with Crippen molar-refractivity contribution in [2.24, 2.45) is 0 Å². The van der Waals surface area contributed by atoms with E-state index in [9.17, 15) is 5.11 Å². The molecule has 2 aromatic heterocycles. The molecule has 2 heterocycles. The Morgan fingerprint density at radius 3 is 0.985 bits per heavy atom. The van der Waals surface area contributed by atoms with Gasteiger partial charge < -0.3 is 34.2 Å². The van der Waals surface area contributed by atoms with Crippen molar-refractivity contribution in [3.05, 3.63) is 519 Å². The number of hydrogen-bond acceptors (Lipinski definition) is 6. The van der Waals surface area contributed by atoms with Gasteiger partial charge in [-0.2, -0.15) is 0 Å². The van der Waals surface area contributed by atoms with Crippen molar-refractivity contribution in [3.8, 4) is 55.9 Å². The molecule has 19 aromatic carbocycles. The molecule has 1 aliphatic carbocycles. The molecule has 0 saturated heterocycles. The summed E-state index contributed by atoms with van der Waals surface area (Å²) in [5.74, 6) is 0.0445. The summed E-state index contributed by atoms with van der Waals surface area (Å²) >= 11 is 0. The summed E-state index contributed by atoms with van der Waals surface area (Å²) < 4.78 is 2.37. The molecule has 9 heteroatoms. The summed E-state index contributed by atoms with van der Waals surface area (Å²) in [5.41, 5.74) is 38.3. The fourth-order valence-corrected chi connectivity index (χ4v) is 18.8. The summed E-state index contributed by atoms with van der Waals surface area (Å²) in [5, 5.41) is 14.6. The van der Waals surface area contributed by atoms with Crippen molar-refractivity contribution in [1.29, 1.82) is 0 Å². The predicted octanol–water partition coefficient (Wildman–Crippen LogP) is 30.1. The zero-order chi connectivity index (χ0) is 89.6. The van der Waals surface area contributed by atoms with Gasteiger partial charge in [0.25, 0.3) is 0 Å². The third-order valence-corrected chi connectivity index (χ3v) is 25.2. The molecular weight excluding hydrogens is 1610 g/mol. The van der Waals surface area contributed by atoms with Crippen molar-refractivity contribution in [2.45, 2.75) is 47.0 Å². The second kappa shape index (κ2) is 38.2. The molecule has 0 saturated carbocycles. The minimum Gasteiger partial charge on any atom is -0.868 e. The zero-order valence-corrected chi connectivity index (χ0v) is 75.8. The number of nitrogens with zero attached hydrogens (tertiary/aromatic N) is 6. The van der Waals surface area contributed by atoms with E-state index in [1.54, 1.807) is 18.3 Å². The quantitative estimate of drug-likeness (QED) is 0.0752. The maximum Gasteiger partial charge on any atom is 1.00 e. The Morgan fingerprint density at radius 1 is 0.233 bits per heavy atom. The summed E-state index contributed by atoms with van der Waals surface area (Å²) in [4.78, 5) is 14.6. The first kappa shape index (κ1) is 86.2. The van der Waals surface area contributed by atoms with Crippen LogP contribution in [0.3, 0.4) is 0 Å². The molecule has 0 fully saturated rings. The average molecular weight is 1710 g/mol. The molecule has 0 atom stereocenters. The molecule has 8 nitrogen and oxygen atoms in total. The number of para-hydroxylation sites is 5. The van der Waals surface area contributed by atoms with Crippen molar-refractivity contribution in [3.63, 3.8) is 0 Å². The smallest absolute Gasteiger partial charge is 0.868 e. The van der Waals surface area contributed by atoms with Gasteiger partial charge in [-0.3, -0.25) is 0 Å². The number of aromatic amines is 1. The Kier molecular flexibility index (Phi) is 24.8. The summed E-state index contributed by atoms with van der Waals surface area (Å²) in [6, 6.07) is 171. The molecule has 0 spiro atoms. The number of pyridine rings is 1. The molecular formula is C124H99LiN7O+. The van der Waals surface area contributed by atoms with Crippen LogP contribution in [0.1, 0.15) is 47.2 Å². The van der Waals surface area contributed by atoms with Crippen LogP contribution in [0.25, 0.3) is 82.9 Å². The van der Waals surface area contributed by atoms with Crippen molar-refractivity contribution < 1.29 is 29.0 Å². The Labute approximate surface area is 792 Å². The van der Waals surface area contributed by atoms with Gasteiger partial charge in [0.1, 0.15) is 0 Å². The number of aromatic nitrogens is 2. The van der Waals surface area contributed by atoms with Gasteiger partial charge in [0.15, 0.2) is 6.20 Å². The van der Waals surface area contributed by atoms with Crippen molar-refractivity contribution in [2.75, 3.05) is 24.5 Å². The number of aryl methyl sites for hydroxylation is 4. The van der Waals surface area contributed by atoms with E-state index in [2.05, 4.69) is 525 Å². The van der Waals surface area contributed by atoms with Crippen LogP contribution in [-0.2, 0) is 5.41 Å². The number of hydrogen-bond donors (Lipinski definition) is 0. The topological polar surface area (TPSA) is 58.3 Å². The molecule has 636 valence electrons. The Hall–Kier alpha value is -16.2. The predicted molar refractivity (Wildman–Crippen MR) is 553 cm³/mol. The van der Waals surface area contributed by atoms with Gasteiger partial charge in [0.2, 0.25) is 5.52 Å². The Balaban J connectivity index is 0.000000155. The molecule has 21 aromatic rings. The zero-order valence-electron chi connectivity index (χ0n) is 75.8. The number of nitrogens with one attached hydrogen (secondary N) is 1. The standard InChI is InChI=1S/C64H54N4.C51H38N2.C9H7NO.Li/c1-47-15-11-23-61(43-47)67(62-24-12-16-48(2)44-62)59-39-35-57(36-40-59)65(53-19-7-5-8-20-53)55-31-27-51(28-32-55)52-29-33-56(34-30-52)66(54-21-9-6-10-22-54)58-37-41-60(42-38-58)68(63-25-13-17-49(3)45-63)64-26-14-18-50(4)46-64;1-51(2)47-19-11-9-17-43(47)44-31-30-42(34-48(44)51)52(40-26-21-36(22-27-40)35-13-5-3-6-14-35)41-28-23-37(24-29-41)38-25-32-50-46(33-38)45-18-10-12-20-49(45)53(50)39-15-7-4-8-16-39;11-8-5-1-3-7-4-2-6-10-9(7)8;/h5-46H,1-4H3;3-34H,1-2H3;1-6,11H;/q;;;+1. The number of rotatable bonds is 19. The summed E-state index contributed by atoms with van der Waals surface area (Å²) in [6.45, 7) is 13.3. The number of H-pyrrole nitrogens is 1. The van der Waals surface area contributed by atoms with Gasteiger partial charge in [-0.05, 0) is 336 Å². The van der Waals surface area contributed by atoms with Crippen LogP contribution in [0, 0.1) is 27.7 Å². The van der Waals surface area contributed by atoms with E-state index < -0.39 is 0 Å². The van der Waals surface area contributed by atoms with Crippen LogP contribution < -0.4 is 53.5 Å².